The highest BCUT2D eigenvalue weighted by atomic mass is 16.5. The number of allylic oxidation sites excluding steroid dienone is 7. The molecule has 0 spiro atoms. The monoisotopic (exact) mass is 870 g/mol. The molecule has 1 amide bonds. The molecule has 0 radical (unpaired) electrons. The van der Waals surface area contributed by atoms with E-state index in [0.29, 0.717) is 19.4 Å². The maximum atomic E-state index is 12.4. The van der Waals surface area contributed by atoms with E-state index in [1.165, 1.54) is 167 Å². The van der Waals surface area contributed by atoms with Gasteiger partial charge in [-0.15, -0.1) is 0 Å². The van der Waals surface area contributed by atoms with Gasteiger partial charge in [0.1, 0.15) is 0 Å². The highest BCUT2D eigenvalue weighted by Gasteiger charge is 2.18. The Bertz CT molecular complexity index is 1050. The fourth-order valence-electron chi connectivity index (χ4n) is 7.90. The maximum Gasteiger partial charge on any atom is 0.305 e. The first-order valence-corrected chi connectivity index (χ1v) is 26.9. The normalized spacial score (nSPS) is 13.0. The fourth-order valence-corrected chi connectivity index (χ4v) is 7.90. The van der Waals surface area contributed by atoms with Crippen LogP contribution in [0.5, 0.6) is 0 Å². The predicted molar refractivity (Wildman–Crippen MR) is 269 cm³/mol. The smallest absolute Gasteiger partial charge is 0.305 e. The largest absolute Gasteiger partial charge is 0.466 e. The van der Waals surface area contributed by atoms with Crippen LogP contribution in [0.4, 0.5) is 0 Å². The quantitative estimate of drug-likeness (QED) is 0.0245. The summed E-state index contributed by atoms with van der Waals surface area (Å²) < 4.78 is 5.42. The molecule has 6 heteroatoms. The van der Waals surface area contributed by atoms with Gasteiger partial charge in [0, 0.05) is 12.8 Å². The van der Waals surface area contributed by atoms with E-state index in [9.17, 15) is 19.8 Å². The van der Waals surface area contributed by atoms with Crippen molar-refractivity contribution in [3.63, 3.8) is 0 Å². The SMILES string of the molecule is CCCC/C=C\CCCCCCCC(=O)OCCCCC/C=C\C=C/CCCCCCCCCCCCC(=O)NC(CO)C(O)/C=C/CCCCCCCCCCCCCCC. The van der Waals surface area contributed by atoms with Gasteiger partial charge in [-0.25, -0.2) is 0 Å². The van der Waals surface area contributed by atoms with E-state index in [1.54, 1.807) is 6.08 Å². The summed E-state index contributed by atoms with van der Waals surface area (Å²) in [6, 6.07) is -0.636. The minimum Gasteiger partial charge on any atom is -0.466 e. The number of ether oxygens (including phenoxy) is 1. The first-order valence-electron chi connectivity index (χ1n) is 26.9. The topological polar surface area (TPSA) is 95.9 Å². The van der Waals surface area contributed by atoms with Crippen LogP contribution < -0.4 is 5.32 Å². The summed E-state index contributed by atoms with van der Waals surface area (Å²) >= 11 is 0. The highest BCUT2D eigenvalue weighted by molar-refractivity contribution is 5.76. The molecule has 2 unspecified atom stereocenters. The summed E-state index contributed by atoms with van der Waals surface area (Å²) in [6.07, 6.45) is 64.0. The van der Waals surface area contributed by atoms with E-state index in [1.807, 2.05) is 6.08 Å². The summed E-state index contributed by atoms with van der Waals surface area (Å²) in [6.45, 7) is 4.81. The Balaban J connectivity index is 3.53. The molecule has 0 rings (SSSR count). The first-order chi connectivity index (χ1) is 30.5. The molecule has 0 aliphatic rings. The minimum atomic E-state index is -0.851. The van der Waals surface area contributed by atoms with Crippen LogP contribution in [-0.2, 0) is 14.3 Å². The molecule has 0 aromatic rings. The van der Waals surface area contributed by atoms with Gasteiger partial charge >= 0.3 is 5.97 Å². The molecule has 0 aliphatic heterocycles. The zero-order valence-corrected chi connectivity index (χ0v) is 41.1. The van der Waals surface area contributed by atoms with Crippen molar-refractivity contribution in [3.8, 4) is 0 Å². The number of amides is 1. The highest BCUT2D eigenvalue weighted by Crippen LogP contribution is 2.15. The maximum absolute atomic E-state index is 12.4. The van der Waals surface area contributed by atoms with Gasteiger partial charge < -0.3 is 20.3 Å². The van der Waals surface area contributed by atoms with E-state index in [4.69, 9.17) is 4.74 Å². The number of aliphatic hydroxyl groups is 2. The van der Waals surface area contributed by atoms with Crippen LogP contribution in [-0.4, -0.2) is 47.4 Å². The summed E-state index contributed by atoms with van der Waals surface area (Å²) in [7, 11) is 0. The number of hydrogen-bond acceptors (Lipinski definition) is 5. The van der Waals surface area contributed by atoms with Gasteiger partial charge in [0.25, 0.3) is 0 Å². The van der Waals surface area contributed by atoms with Crippen molar-refractivity contribution >= 4 is 11.9 Å². The summed E-state index contributed by atoms with van der Waals surface area (Å²) in [5, 5.41) is 23.1. The first kappa shape index (κ1) is 59.8. The Morgan fingerprint density at radius 1 is 0.452 bits per heavy atom. The third kappa shape index (κ3) is 47.3. The lowest BCUT2D eigenvalue weighted by atomic mass is 10.0. The average molecular weight is 870 g/mol. The number of unbranched alkanes of at least 4 members (excludes halogenated alkanes) is 33. The lowest BCUT2D eigenvalue weighted by Gasteiger charge is -2.20. The van der Waals surface area contributed by atoms with E-state index in [0.717, 1.165) is 77.0 Å². The lowest BCUT2D eigenvalue weighted by molar-refractivity contribution is -0.143. The van der Waals surface area contributed by atoms with Gasteiger partial charge in [0.15, 0.2) is 0 Å². The van der Waals surface area contributed by atoms with Crippen molar-refractivity contribution < 1.29 is 24.5 Å². The fraction of sp³-hybridized carbons (Fsp3) is 0.821. The van der Waals surface area contributed by atoms with E-state index in [-0.39, 0.29) is 18.5 Å². The van der Waals surface area contributed by atoms with E-state index < -0.39 is 12.1 Å². The van der Waals surface area contributed by atoms with Crippen molar-refractivity contribution in [1.82, 2.24) is 5.32 Å². The minimum absolute atomic E-state index is 0.0260. The molecule has 362 valence electrons. The van der Waals surface area contributed by atoms with E-state index in [2.05, 4.69) is 55.6 Å². The lowest BCUT2D eigenvalue weighted by Crippen LogP contribution is -2.45. The molecule has 0 aromatic carbocycles. The molecule has 0 heterocycles. The predicted octanol–water partition coefficient (Wildman–Crippen LogP) is 16.2. The van der Waals surface area contributed by atoms with Crippen LogP contribution in [0.1, 0.15) is 271 Å². The van der Waals surface area contributed by atoms with Gasteiger partial charge in [0.2, 0.25) is 5.91 Å². The molecular weight excluding hydrogens is 767 g/mol. The number of carbonyl (C=O) groups is 2. The molecule has 2 atom stereocenters. The van der Waals surface area contributed by atoms with Crippen molar-refractivity contribution in [2.75, 3.05) is 13.2 Å². The Hall–Kier alpha value is -2.18. The summed E-state index contributed by atoms with van der Waals surface area (Å²) in [4.78, 5) is 24.4. The average Bonchev–Trinajstić information content (AvgIpc) is 3.27. The number of nitrogens with one attached hydrogen (secondary N) is 1. The number of aliphatic hydroxyl groups excluding tert-OH is 2. The van der Waals surface area contributed by atoms with Gasteiger partial charge in [-0.1, -0.05) is 223 Å². The van der Waals surface area contributed by atoms with Gasteiger partial charge in [-0.05, 0) is 83.5 Å². The molecule has 62 heavy (non-hydrogen) atoms. The Labute approximate surface area is 385 Å². The van der Waals surface area contributed by atoms with Gasteiger partial charge in [0.05, 0.1) is 25.4 Å². The molecule has 0 saturated carbocycles. The van der Waals surface area contributed by atoms with Crippen molar-refractivity contribution in [1.29, 1.82) is 0 Å². The zero-order chi connectivity index (χ0) is 45.1. The van der Waals surface area contributed by atoms with Crippen molar-refractivity contribution in [3.05, 3.63) is 48.6 Å². The van der Waals surface area contributed by atoms with Crippen molar-refractivity contribution in [2.45, 2.75) is 283 Å². The second-order valence-electron chi connectivity index (χ2n) is 18.2. The Kier molecular flexibility index (Phi) is 49.6. The molecule has 0 saturated heterocycles. The Morgan fingerprint density at radius 3 is 1.29 bits per heavy atom. The third-order valence-electron chi connectivity index (χ3n) is 12.1. The summed E-state index contributed by atoms with van der Waals surface area (Å²) in [5.74, 6) is -0.105. The molecule has 6 nitrogen and oxygen atoms in total. The van der Waals surface area contributed by atoms with Crippen LogP contribution in [0.2, 0.25) is 0 Å². The van der Waals surface area contributed by atoms with Gasteiger partial charge in [-0.3, -0.25) is 9.59 Å². The summed E-state index contributed by atoms with van der Waals surface area (Å²) in [5.41, 5.74) is 0. The third-order valence-corrected chi connectivity index (χ3v) is 12.1. The van der Waals surface area contributed by atoms with Crippen LogP contribution in [0.25, 0.3) is 0 Å². The van der Waals surface area contributed by atoms with E-state index >= 15 is 0 Å². The van der Waals surface area contributed by atoms with Crippen molar-refractivity contribution in [2.24, 2.45) is 0 Å². The number of esters is 1. The van der Waals surface area contributed by atoms with Crippen LogP contribution in [0.15, 0.2) is 48.6 Å². The van der Waals surface area contributed by atoms with Crippen LogP contribution in [0.3, 0.4) is 0 Å². The zero-order valence-electron chi connectivity index (χ0n) is 41.1. The second-order valence-corrected chi connectivity index (χ2v) is 18.2. The molecule has 0 bridgehead atoms. The van der Waals surface area contributed by atoms with Crippen LogP contribution >= 0.6 is 0 Å². The second kappa shape index (κ2) is 51.5. The number of rotatable bonds is 49. The molecule has 0 aliphatic carbocycles. The number of carbonyl (C=O) groups excluding carboxylic acids is 2. The molecule has 3 N–H and O–H groups in total. The molecular formula is C56H103NO5. The molecule has 0 fully saturated rings. The number of hydrogen-bond donors (Lipinski definition) is 3. The van der Waals surface area contributed by atoms with Crippen LogP contribution in [0, 0.1) is 0 Å². The van der Waals surface area contributed by atoms with Gasteiger partial charge in [-0.2, -0.15) is 0 Å². The Morgan fingerprint density at radius 2 is 0.823 bits per heavy atom. The molecule has 0 aromatic heterocycles. The standard InChI is InChI=1S/C56H103NO5/c1-3-5-7-9-11-13-15-16-22-25-29-32-36-40-44-48-54(59)53(52-58)57-55(60)49-45-41-37-33-30-26-23-20-18-17-19-21-24-27-31-35-39-43-47-51-62-56(61)50-46-42-38-34-28-14-12-10-8-6-4-2/h10,12,21,24,27,31,44,48,53-54,58-59H,3-9,11,13-20,22-23,25-26,28-30,32-43,45-47,49-52H2,1-2H3,(H,57,60)/b12-10-,24-21-,31-27-,48-44+.